The minimum atomic E-state index is -4.99. The van der Waals surface area contributed by atoms with E-state index < -0.39 is 35.1 Å². The van der Waals surface area contributed by atoms with Crippen LogP contribution in [0.15, 0.2) is 58.4 Å². The topological polar surface area (TPSA) is 82.5 Å². The first-order valence-electron chi connectivity index (χ1n) is 10.6. The molecule has 0 atom stereocenters. The lowest BCUT2D eigenvalue weighted by Crippen LogP contribution is -2.41. The first-order chi connectivity index (χ1) is 17.4. The maximum atomic E-state index is 13.0. The lowest BCUT2D eigenvalue weighted by Gasteiger charge is -2.28. The highest BCUT2D eigenvalue weighted by Crippen LogP contribution is 2.36. The van der Waals surface area contributed by atoms with Gasteiger partial charge >= 0.3 is 18.4 Å². The molecule has 0 bridgehead atoms. The van der Waals surface area contributed by atoms with Crippen LogP contribution in [0.25, 0.3) is 0 Å². The molecule has 0 aliphatic carbocycles. The predicted molar refractivity (Wildman–Crippen MR) is 126 cm³/mol. The molecule has 2 amide bonds. The van der Waals surface area contributed by atoms with Crippen LogP contribution in [0.5, 0.6) is 0 Å². The third-order valence-electron chi connectivity index (χ3n) is 5.36. The number of amides is 2. The lowest BCUT2D eigenvalue weighted by molar-refractivity contribution is -0.143. The van der Waals surface area contributed by atoms with Crippen LogP contribution in [0.3, 0.4) is 0 Å². The van der Waals surface area contributed by atoms with Gasteiger partial charge in [0.2, 0.25) is 0 Å². The minimum Gasteiger partial charge on any atom is -0.340 e. The summed E-state index contributed by atoms with van der Waals surface area (Å²) in [6, 6.07) is 7.72. The van der Waals surface area contributed by atoms with Crippen LogP contribution in [-0.4, -0.2) is 33.7 Å². The van der Waals surface area contributed by atoms with Crippen molar-refractivity contribution in [3.8, 4) is 0 Å². The summed E-state index contributed by atoms with van der Waals surface area (Å²) < 4.78 is 79.1. The van der Waals surface area contributed by atoms with Crippen LogP contribution in [0.4, 0.5) is 42.6 Å². The van der Waals surface area contributed by atoms with Gasteiger partial charge in [-0.05, 0) is 42.0 Å². The van der Waals surface area contributed by atoms with Gasteiger partial charge < -0.3 is 10.2 Å². The monoisotopic (exact) mass is 586 g/mol. The zero-order valence-electron chi connectivity index (χ0n) is 18.7. The van der Waals surface area contributed by atoms with E-state index in [2.05, 4.69) is 41.7 Å². The van der Waals surface area contributed by atoms with Crippen LogP contribution in [-0.2, 0) is 25.3 Å². The van der Waals surface area contributed by atoms with Gasteiger partial charge in [0.1, 0.15) is 12.1 Å². The number of carbonyl (C=O) groups is 1. The van der Waals surface area contributed by atoms with Crippen molar-refractivity contribution in [2.24, 2.45) is 5.10 Å². The lowest BCUT2D eigenvalue weighted by atomic mass is 10.1. The SMILES string of the molecule is O=C(N/N=C/c1cc(C(F)(F)F)cc(C(F)(F)F)c1)N1CCc2ncnc(Nc3cccc(Br)c3)c2C1. The molecule has 37 heavy (non-hydrogen) atoms. The number of rotatable bonds is 4. The fraction of sp³-hybridized carbons (Fsp3) is 0.217. The van der Waals surface area contributed by atoms with Gasteiger partial charge in [-0.3, -0.25) is 0 Å². The molecule has 0 saturated carbocycles. The van der Waals surface area contributed by atoms with Gasteiger partial charge in [0, 0.05) is 28.7 Å². The quantitative estimate of drug-likeness (QED) is 0.219. The molecule has 194 valence electrons. The Balaban J connectivity index is 1.48. The number of nitrogens with one attached hydrogen (secondary N) is 2. The van der Waals surface area contributed by atoms with E-state index in [1.165, 1.54) is 11.2 Å². The molecule has 2 heterocycles. The van der Waals surface area contributed by atoms with Crippen molar-refractivity contribution in [3.05, 3.63) is 81.2 Å². The first kappa shape index (κ1) is 26.4. The number of hydrogen-bond acceptors (Lipinski definition) is 5. The number of fused-ring (bicyclic) bond motifs is 1. The Kier molecular flexibility index (Phi) is 7.39. The summed E-state index contributed by atoms with van der Waals surface area (Å²) in [6.45, 7) is 0.374. The molecule has 7 nitrogen and oxygen atoms in total. The molecule has 0 radical (unpaired) electrons. The van der Waals surface area contributed by atoms with Crippen LogP contribution in [0.1, 0.15) is 27.9 Å². The number of nitrogens with zero attached hydrogens (tertiary/aromatic N) is 4. The molecule has 1 aromatic heterocycles. The number of benzene rings is 2. The van der Waals surface area contributed by atoms with Gasteiger partial charge in [0.05, 0.1) is 29.6 Å². The molecular weight excluding hydrogens is 570 g/mol. The summed E-state index contributed by atoms with van der Waals surface area (Å²) in [6.07, 6.45) is -7.44. The first-order valence-corrected chi connectivity index (χ1v) is 11.4. The summed E-state index contributed by atoms with van der Waals surface area (Å²) in [7, 11) is 0. The molecule has 14 heteroatoms. The molecule has 0 fully saturated rings. The molecular formula is C23H17BrF6N6O. The molecule has 0 spiro atoms. The number of aromatic nitrogens is 2. The van der Waals surface area contributed by atoms with Crippen molar-refractivity contribution in [2.45, 2.75) is 25.3 Å². The van der Waals surface area contributed by atoms with Gasteiger partial charge in [0.15, 0.2) is 0 Å². The summed E-state index contributed by atoms with van der Waals surface area (Å²) in [5.74, 6) is 0.493. The Labute approximate surface area is 214 Å². The van der Waals surface area contributed by atoms with Crippen LogP contribution >= 0.6 is 15.9 Å². The number of urea groups is 1. The highest BCUT2D eigenvalue weighted by Gasteiger charge is 2.36. The van der Waals surface area contributed by atoms with Crippen molar-refractivity contribution in [1.29, 1.82) is 0 Å². The summed E-state index contributed by atoms with van der Waals surface area (Å²) in [5.41, 5.74) is 0.880. The molecule has 2 aromatic carbocycles. The van der Waals surface area contributed by atoms with Crippen LogP contribution < -0.4 is 10.7 Å². The molecule has 3 aromatic rings. The van der Waals surface area contributed by atoms with Gasteiger partial charge in [-0.25, -0.2) is 20.2 Å². The highest BCUT2D eigenvalue weighted by molar-refractivity contribution is 9.10. The second-order valence-electron chi connectivity index (χ2n) is 7.97. The van der Waals surface area contributed by atoms with Crippen molar-refractivity contribution >= 4 is 39.7 Å². The summed E-state index contributed by atoms with van der Waals surface area (Å²) in [4.78, 5) is 22.5. The minimum absolute atomic E-state index is 0.0168. The number of anilines is 2. The van der Waals surface area contributed by atoms with E-state index in [1.807, 2.05) is 24.3 Å². The zero-order chi connectivity index (χ0) is 26.8. The second kappa shape index (κ2) is 10.4. The second-order valence-corrected chi connectivity index (χ2v) is 8.88. The summed E-state index contributed by atoms with van der Waals surface area (Å²) >= 11 is 3.39. The van der Waals surface area contributed by atoms with E-state index in [4.69, 9.17) is 0 Å². The van der Waals surface area contributed by atoms with Gasteiger partial charge in [-0.15, -0.1) is 0 Å². The third kappa shape index (κ3) is 6.56. The number of alkyl halides is 6. The Morgan fingerprint density at radius 1 is 1.03 bits per heavy atom. The fourth-order valence-electron chi connectivity index (χ4n) is 3.61. The largest absolute Gasteiger partial charge is 0.416 e. The zero-order valence-corrected chi connectivity index (χ0v) is 20.2. The maximum absolute atomic E-state index is 13.0. The Hall–Kier alpha value is -3.68. The number of halogens is 7. The number of carbonyl (C=O) groups excluding carboxylic acids is 1. The van der Waals surface area contributed by atoms with Crippen molar-refractivity contribution in [3.63, 3.8) is 0 Å². The average Bonchev–Trinajstić information content (AvgIpc) is 2.83. The van der Waals surface area contributed by atoms with E-state index in [0.717, 1.165) is 22.1 Å². The molecule has 1 aliphatic heterocycles. The van der Waals surface area contributed by atoms with E-state index in [0.29, 0.717) is 29.9 Å². The van der Waals surface area contributed by atoms with Crippen molar-refractivity contribution < 1.29 is 31.1 Å². The van der Waals surface area contributed by atoms with E-state index in [9.17, 15) is 31.1 Å². The normalized spacial score (nSPS) is 14.0. The van der Waals surface area contributed by atoms with Crippen molar-refractivity contribution in [1.82, 2.24) is 20.3 Å². The van der Waals surface area contributed by atoms with Crippen LogP contribution in [0, 0.1) is 0 Å². The number of hydrazone groups is 1. The summed E-state index contributed by atoms with van der Waals surface area (Å²) in [5, 5.41) is 6.74. The molecule has 4 rings (SSSR count). The number of hydrogen-bond donors (Lipinski definition) is 2. The average molecular weight is 587 g/mol. The van der Waals surface area contributed by atoms with Crippen molar-refractivity contribution in [2.75, 3.05) is 11.9 Å². The standard InChI is InChI=1S/C23H17BrF6N6O/c24-16-2-1-3-17(9-16)34-20-18-11-36(5-4-19(18)31-12-32-20)21(37)35-33-10-13-6-14(22(25,26)27)8-15(7-13)23(28,29)30/h1-3,6-10,12H,4-5,11H2,(H,35,37)(H,31,32,34)/b33-10+. The van der Waals surface area contributed by atoms with E-state index in [1.54, 1.807) is 0 Å². The Bertz CT molecular complexity index is 1310. The molecule has 2 N–H and O–H groups in total. The molecule has 1 aliphatic rings. The fourth-order valence-corrected chi connectivity index (χ4v) is 4.01. The van der Waals surface area contributed by atoms with Crippen LogP contribution in [0.2, 0.25) is 0 Å². The molecule has 0 unspecified atom stereocenters. The third-order valence-corrected chi connectivity index (χ3v) is 5.85. The molecule has 0 saturated heterocycles. The van der Waals surface area contributed by atoms with Gasteiger partial charge in [0.25, 0.3) is 0 Å². The Morgan fingerprint density at radius 3 is 2.38 bits per heavy atom. The van der Waals surface area contributed by atoms with E-state index in [-0.39, 0.29) is 19.2 Å². The maximum Gasteiger partial charge on any atom is 0.416 e. The highest BCUT2D eigenvalue weighted by atomic mass is 79.9. The smallest absolute Gasteiger partial charge is 0.340 e. The predicted octanol–water partition coefficient (Wildman–Crippen LogP) is 6.12. The van der Waals surface area contributed by atoms with E-state index >= 15 is 0 Å². The van der Waals surface area contributed by atoms with Gasteiger partial charge in [-0.2, -0.15) is 31.4 Å². The van der Waals surface area contributed by atoms with Gasteiger partial charge in [-0.1, -0.05) is 22.0 Å². The Morgan fingerprint density at radius 2 is 1.73 bits per heavy atom.